The molecule has 57 heavy (non-hydrogen) atoms. The molecule has 0 fully saturated rings. The van der Waals surface area contributed by atoms with Crippen molar-refractivity contribution >= 4 is 106 Å². The standard InChI is InChI=1S/C27H27N5O19S6/c1-28-22-8-6-19-20(25(22)31-29-16-3-2-4-17(13-16)55(37,38)11-9-44-53-50-47-35)15-23(52-49-46-34)26(27(19)33)32-30-21-7-5-18(14-24(21)57(41,42)43)56(39,40)12-10-45-54-51-48-36/h2-8,13-15,28,33-36H,9-12H2,1H3,(H,41,42,43). The fraction of sp³-hybridized carbons (Fsp3) is 0.185. The van der Waals surface area contributed by atoms with Crippen molar-refractivity contribution in [3.05, 3.63) is 60.7 Å². The maximum absolute atomic E-state index is 12.8. The van der Waals surface area contributed by atoms with E-state index in [0.717, 1.165) is 12.1 Å². The number of hydrogen-bond acceptors (Lipinski definition) is 26. The van der Waals surface area contributed by atoms with Crippen molar-refractivity contribution in [1.82, 2.24) is 0 Å². The number of anilines is 1. The number of benzene rings is 4. The van der Waals surface area contributed by atoms with E-state index >= 15 is 0 Å². The fourth-order valence-electron chi connectivity index (χ4n) is 4.51. The minimum atomic E-state index is -5.13. The zero-order chi connectivity index (χ0) is 41.6. The van der Waals surface area contributed by atoms with Gasteiger partial charge in [-0.3, -0.25) is 12.9 Å². The Bertz CT molecular complexity index is 2420. The summed E-state index contributed by atoms with van der Waals surface area (Å²) in [7, 11) is -11.7. The molecule has 30 heteroatoms. The molecule has 0 amide bonds. The second-order valence-electron chi connectivity index (χ2n) is 10.3. The monoisotopic (exact) mass is 917 g/mol. The van der Waals surface area contributed by atoms with Crippen LogP contribution in [0.15, 0.2) is 101 Å². The van der Waals surface area contributed by atoms with Crippen LogP contribution in [0.2, 0.25) is 0 Å². The lowest BCUT2D eigenvalue weighted by atomic mass is 10.1. The van der Waals surface area contributed by atoms with Crippen LogP contribution in [0.25, 0.3) is 10.8 Å². The van der Waals surface area contributed by atoms with Crippen molar-refractivity contribution in [2.45, 2.75) is 19.6 Å². The molecule has 0 aliphatic heterocycles. The molecule has 4 aromatic carbocycles. The van der Waals surface area contributed by atoms with Crippen LogP contribution in [0, 0.1) is 0 Å². The third-order valence-electron chi connectivity index (χ3n) is 6.98. The first-order chi connectivity index (χ1) is 27.2. The first-order valence-corrected chi connectivity index (χ1v) is 21.7. The van der Waals surface area contributed by atoms with E-state index in [1.165, 1.54) is 42.5 Å². The van der Waals surface area contributed by atoms with Crippen LogP contribution in [-0.4, -0.2) is 82.5 Å². The molecule has 4 aromatic rings. The van der Waals surface area contributed by atoms with E-state index in [9.17, 15) is 34.9 Å². The summed E-state index contributed by atoms with van der Waals surface area (Å²) in [6.07, 6.45) is 0. The van der Waals surface area contributed by atoms with Gasteiger partial charge in [-0.05, 0) is 54.6 Å². The number of nitrogens with zero attached hydrogens (tertiary/aromatic N) is 4. The molecule has 0 aromatic heterocycles. The molecule has 0 spiro atoms. The second kappa shape index (κ2) is 21.4. The average Bonchev–Trinajstić information content (AvgIpc) is 3.18. The summed E-state index contributed by atoms with van der Waals surface area (Å²) in [5.74, 6) is -1.76. The molecule has 0 unspecified atom stereocenters. The normalized spacial score (nSPS) is 12.6. The Labute approximate surface area is 334 Å². The minimum absolute atomic E-state index is 0.0729. The first-order valence-electron chi connectivity index (χ1n) is 14.9. The van der Waals surface area contributed by atoms with Crippen molar-refractivity contribution in [2.24, 2.45) is 20.5 Å². The van der Waals surface area contributed by atoms with Crippen LogP contribution in [0.5, 0.6) is 5.75 Å². The number of hydrogen-bond donors (Lipinski definition) is 6. The lowest BCUT2D eigenvalue weighted by Crippen LogP contribution is -2.12. The van der Waals surface area contributed by atoms with Crippen molar-refractivity contribution in [3.63, 3.8) is 0 Å². The molecule has 0 saturated carbocycles. The van der Waals surface area contributed by atoms with E-state index in [2.05, 4.69) is 53.9 Å². The summed E-state index contributed by atoms with van der Waals surface area (Å²) in [5.41, 5.74) is -0.371. The summed E-state index contributed by atoms with van der Waals surface area (Å²) >= 11 is 0.657. The van der Waals surface area contributed by atoms with Gasteiger partial charge in [-0.15, -0.1) is 28.3 Å². The van der Waals surface area contributed by atoms with Crippen molar-refractivity contribution < 1.29 is 87.2 Å². The van der Waals surface area contributed by atoms with E-state index in [0.29, 0.717) is 23.8 Å². The lowest BCUT2D eigenvalue weighted by molar-refractivity contribution is -0.434. The lowest BCUT2D eigenvalue weighted by Gasteiger charge is -2.13. The molecule has 24 nitrogen and oxygen atoms in total. The number of phenolic OH excluding ortho intramolecular Hbond substituents is 1. The highest BCUT2D eigenvalue weighted by Crippen LogP contribution is 2.48. The highest BCUT2D eigenvalue weighted by Gasteiger charge is 2.24. The van der Waals surface area contributed by atoms with Crippen molar-refractivity contribution in [1.29, 1.82) is 0 Å². The summed E-state index contributed by atoms with van der Waals surface area (Å²) in [6.45, 7) is -0.816. The smallest absolute Gasteiger partial charge is 0.296 e. The highest BCUT2D eigenvalue weighted by atomic mass is 32.2. The molecule has 6 N–H and O–H groups in total. The number of sulfone groups is 2. The third kappa shape index (κ3) is 12.7. The number of aromatic hydroxyl groups is 1. The predicted molar refractivity (Wildman–Crippen MR) is 198 cm³/mol. The largest absolute Gasteiger partial charge is 0.505 e. The van der Waals surface area contributed by atoms with Crippen molar-refractivity contribution in [3.8, 4) is 5.75 Å². The van der Waals surface area contributed by atoms with E-state index in [1.807, 2.05) is 0 Å². The minimum Gasteiger partial charge on any atom is -0.505 e. The summed E-state index contributed by atoms with van der Waals surface area (Å²) in [4.78, 5) is -1.77. The number of nitrogens with one attached hydrogen (secondary N) is 1. The zero-order valence-corrected chi connectivity index (χ0v) is 33.2. The van der Waals surface area contributed by atoms with Gasteiger partial charge in [0.25, 0.3) is 10.1 Å². The van der Waals surface area contributed by atoms with Gasteiger partial charge in [0, 0.05) is 17.8 Å². The van der Waals surface area contributed by atoms with Gasteiger partial charge in [0.15, 0.2) is 50.1 Å². The quantitative estimate of drug-likeness (QED) is 0.0113. The van der Waals surface area contributed by atoms with Gasteiger partial charge in [0.05, 0.1) is 62.8 Å². The van der Waals surface area contributed by atoms with Crippen LogP contribution in [0.4, 0.5) is 28.4 Å². The van der Waals surface area contributed by atoms with Crippen LogP contribution < -0.4 is 5.32 Å². The molecular formula is C27H27N5O19S6. The van der Waals surface area contributed by atoms with Crippen LogP contribution in [-0.2, 0) is 66.3 Å². The molecule has 0 aliphatic carbocycles. The van der Waals surface area contributed by atoms with E-state index in [4.69, 9.17) is 24.1 Å². The molecule has 0 atom stereocenters. The second-order valence-corrected chi connectivity index (χ2v) is 17.7. The SMILES string of the molecule is CNc1ccc2c(O)c(N=Nc3ccc(S(=O)(=O)CCOSOOO)cc3S(=O)(=O)O)c(SOOO)cc2c1N=Nc1cccc(S(=O)(=O)CCOSOOO)c1. The Morgan fingerprint density at radius 1 is 0.684 bits per heavy atom. The van der Waals surface area contributed by atoms with Gasteiger partial charge in [-0.25, -0.2) is 32.6 Å². The fourth-order valence-corrected chi connectivity index (χ4v) is 8.60. The first kappa shape index (κ1) is 46.1. The van der Waals surface area contributed by atoms with Gasteiger partial charge >= 0.3 is 0 Å². The molecule has 0 aliphatic rings. The van der Waals surface area contributed by atoms with Crippen LogP contribution >= 0.6 is 36.7 Å². The maximum atomic E-state index is 12.8. The summed E-state index contributed by atoms with van der Waals surface area (Å²) in [6, 6.07) is 12.3. The Balaban J connectivity index is 1.74. The Hall–Kier alpha value is -3.64. The molecule has 0 bridgehead atoms. The van der Waals surface area contributed by atoms with Gasteiger partial charge in [0.2, 0.25) is 0 Å². The van der Waals surface area contributed by atoms with Crippen molar-refractivity contribution in [2.75, 3.05) is 37.1 Å². The Morgan fingerprint density at radius 3 is 1.89 bits per heavy atom. The average molecular weight is 918 g/mol. The van der Waals surface area contributed by atoms with Crippen LogP contribution in [0.3, 0.4) is 0 Å². The number of fused-ring (bicyclic) bond motifs is 1. The maximum Gasteiger partial charge on any atom is 0.296 e. The molecule has 310 valence electrons. The summed E-state index contributed by atoms with van der Waals surface area (Å²) < 4.78 is 108. The topological polar surface area (TPSA) is 339 Å². The number of azo groups is 2. The third-order valence-corrected chi connectivity index (χ3v) is 12.6. The molecule has 4 rings (SSSR count). The molecule has 0 saturated heterocycles. The van der Waals surface area contributed by atoms with E-state index in [1.54, 1.807) is 7.05 Å². The molecular weight excluding hydrogens is 891 g/mol. The Kier molecular flexibility index (Phi) is 17.3. The van der Waals surface area contributed by atoms with Gasteiger partial charge < -0.3 is 10.4 Å². The van der Waals surface area contributed by atoms with E-state index < -0.39 is 69.1 Å². The van der Waals surface area contributed by atoms with Gasteiger partial charge in [-0.2, -0.15) is 13.5 Å². The molecule has 0 radical (unpaired) electrons. The van der Waals surface area contributed by atoms with E-state index in [-0.39, 0.29) is 68.9 Å². The number of rotatable bonds is 23. The summed E-state index contributed by atoms with van der Waals surface area (Å²) in [5, 5.41) is 66.3. The predicted octanol–water partition coefficient (Wildman–Crippen LogP) is 6.64. The highest BCUT2D eigenvalue weighted by molar-refractivity contribution is 7.94. The van der Waals surface area contributed by atoms with Gasteiger partial charge in [0.1, 0.15) is 22.0 Å². The Morgan fingerprint density at radius 2 is 1.30 bits per heavy atom. The van der Waals surface area contributed by atoms with Gasteiger partial charge in [-0.1, -0.05) is 21.2 Å². The molecule has 0 heterocycles. The van der Waals surface area contributed by atoms with Crippen LogP contribution in [0.1, 0.15) is 0 Å². The zero-order valence-electron chi connectivity index (χ0n) is 28.3. The number of phenols is 1.